The van der Waals surface area contributed by atoms with Crippen molar-refractivity contribution < 1.29 is 9.47 Å². The molecule has 2 nitrogen and oxygen atoms in total. The maximum Gasteiger partial charge on any atom is 0.127 e. The van der Waals surface area contributed by atoms with Crippen molar-refractivity contribution in [3.63, 3.8) is 0 Å². The topological polar surface area (TPSA) is 21.8 Å². The molecule has 0 spiro atoms. The third-order valence-electron chi connectivity index (χ3n) is 4.10. The zero-order valence-electron chi connectivity index (χ0n) is 12.7. The Hall–Kier alpha value is -1.80. The number of hydrogen-bond donors (Lipinski definition) is 0. The lowest BCUT2D eigenvalue weighted by Gasteiger charge is -2.11. The van der Waals surface area contributed by atoms with Gasteiger partial charge in [0.25, 0.3) is 0 Å². The Balaban J connectivity index is 1.58. The highest BCUT2D eigenvalue weighted by atomic mass is 16.6. The van der Waals surface area contributed by atoms with E-state index in [2.05, 4.69) is 26.0 Å². The van der Waals surface area contributed by atoms with Crippen molar-refractivity contribution in [1.82, 2.24) is 0 Å². The first-order valence-corrected chi connectivity index (χ1v) is 7.74. The van der Waals surface area contributed by atoms with Crippen molar-refractivity contribution in [2.24, 2.45) is 0 Å². The van der Waals surface area contributed by atoms with E-state index in [0.717, 1.165) is 24.3 Å². The summed E-state index contributed by atoms with van der Waals surface area (Å²) in [6.07, 6.45) is 3.19. The van der Waals surface area contributed by atoms with Gasteiger partial charge in [-0.05, 0) is 48.6 Å². The van der Waals surface area contributed by atoms with Crippen LogP contribution in [0.3, 0.4) is 0 Å². The summed E-state index contributed by atoms with van der Waals surface area (Å²) in [5.74, 6) is 2.28. The molecule has 0 amide bonds. The van der Waals surface area contributed by atoms with Gasteiger partial charge in [0, 0.05) is 0 Å². The number of benzene rings is 2. The van der Waals surface area contributed by atoms with Crippen molar-refractivity contribution in [1.29, 1.82) is 0 Å². The summed E-state index contributed by atoms with van der Waals surface area (Å²) >= 11 is 0. The third-order valence-corrected chi connectivity index (χ3v) is 4.10. The van der Waals surface area contributed by atoms with Gasteiger partial charge in [0.1, 0.15) is 11.5 Å². The van der Waals surface area contributed by atoms with E-state index in [1.807, 2.05) is 42.5 Å². The number of para-hydroxylation sites is 1. The highest BCUT2D eigenvalue weighted by molar-refractivity contribution is 5.34. The van der Waals surface area contributed by atoms with Crippen LogP contribution >= 0.6 is 0 Å². The molecule has 21 heavy (non-hydrogen) atoms. The minimum Gasteiger partial charge on any atom is -0.457 e. The molecule has 0 saturated carbocycles. The molecule has 0 radical (unpaired) electrons. The number of ether oxygens (including phenoxy) is 2. The average molecular weight is 282 g/mol. The Bertz CT molecular complexity index is 562. The Labute approximate surface area is 126 Å². The molecule has 3 unspecified atom stereocenters. The van der Waals surface area contributed by atoms with Crippen molar-refractivity contribution in [3.8, 4) is 11.5 Å². The molecule has 0 N–H and O–H groups in total. The average Bonchev–Trinajstić information content (AvgIpc) is 3.27. The molecule has 1 fully saturated rings. The number of rotatable bonds is 6. The quantitative estimate of drug-likeness (QED) is 0.683. The SMILES string of the molecule is CCC1OC1CC(C)c1ccc(Oc2ccccc2)cc1. The van der Waals surface area contributed by atoms with E-state index in [-0.39, 0.29) is 0 Å². The lowest BCUT2D eigenvalue weighted by molar-refractivity contribution is 0.353. The minimum atomic E-state index is 0.463. The maximum atomic E-state index is 5.82. The molecule has 0 aliphatic carbocycles. The molecule has 2 aromatic carbocycles. The normalized spacial score (nSPS) is 21.8. The number of hydrogen-bond acceptors (Lipinski definition) is 2. The molecule has 110 valence electrons. The lowest BCUT2D eigenvalue weighted by atomic mass is 9.95. The van der Waals surface area contributed by atoms with E-state index < -0.39 is 0 Å². The van der Waals surface area contributed by atoms with Crippen molar-refractivity contribution >= 4 is 0 Å². The molecule has 3 rings (SSSR count). The fraction of sp³-hybridized carbons (Fsp3) is 0.368. The molecule has 3 atom stereocenters. The van der Waals surface area contributed by atoms with Gasteiger partial charge in [0.15, 0.2) is 0 Å². The van der Waals surface area contributed by atoms with E-state index in [1.165, 1.54) is 5.56 Å². The van der Waals surface area contributed by atoms with Crippen LogP contribution in [-0.4, -0.2) is 12.2 Å². The summed E-state index contributed by atoms with van der Waals surface area (Å²) in [6.45, 7) is 4.45. The van der Waals surface area contributed by atoms with Crippen LogP contribution in [0.25, 0.3) is 0 Å². The second-order valence-electron chi connectivity index (χ2n) is 5.74. The first kappa shape index (κ1) is 14.2. The summed E-state index contributed by atoms with van der Waals surface area (Å²) in [5.41, 5.74) is 1.35. The Morgan fingerprint density at radius 3 is 2.24 bits per heavy atom. The predicted molar refractivity (Wildman–Crippen MR) is 84.9 cm³/mol. The molecular formula is C19H22O2. The zero-order valence-corrected chi connectivity index (χ0v) is 12.7. The predicted octanol–water partition coefficient (Wildman–Crippen LogP) is 5.15. The van der Waals surface area contributed by atoms with Gasteiger partial charge in [-0.1, -0.05) is 44.2 Å². The van der Waals surface area contributed by atoms with E-state index in [0.29, 0.717) is 18.1 Å². The summed E-state index contributed by atoms with van der Waals surface area (Å²) < 4.78 is 11.5. The Morgan fingerprint density at radius 2 is 1.62 bits per heavy atom. The highest BCUT2D eigenvalue weighted by Crippen LogP contribution is 2.34. The number of epoxide rings is 1. The largest absolute Gasteiger partial charge is 0.457 e. The van der Waals surface area contributed by atoms with Crippen LogP contribution < -0.4 is 4.74 Å². The molecule has 0 bridgehead atoms. The molecule has 1 heterocycles. The summed E-state index contributed by atoms with van der Waals surface area (Å²) in [6, 6.07) is 18.3. The third kappa shape index (κ3) is 3.64. The van der Waals surface area contributed by atoms with Gasteiger partial charge >= 0.3 is 0 Å². The van der Waals surface area contributed by atoms with Gasteiger partial charge in [-0.2, -0.15) is 0 Å². The Morgan fingerprint density at radius 1 is 0.952 bits per heavy atom. The summed E-state index contributed by atoms with van der Waals surface area (Å²) in [7, 11) is 0. The first-order valence-electron chi connectivity index (χ1n) is 7.74. The standard InChI is InChI=1S/C19H22O2/c1-3-18-19(21-18)13-14(2)15-9-11-17(12-10-15)20-16-7-5-4-6-8-16/h4-12,14,18-19H,3,13H2,1-2H3. The van der Waals surface area contributed by atoms with Crippen molar-refractivity contribution in [3.05, 3.63) is 60.2 Å². The molecule has 2 heteroatoms. The van der Waals surface area contributed by atoms with Crippen molar-refractivity contribution in [2.75, 3.05) is 0 Å². The summed E-state index contributed by atoms with van der Waals surface area (Å²) in [4.78, 5) is 0. The van der Waals surface area contributed by atoms with Gasteiger partial charge < -0.3 is 9.47 Å². The monoisotopic (exact) mass is 282 g/mol. The second-order valence-corrected chi connectivity index (χ2v) is 5.74. The molecule has 1 aliphatic heterocycles. The van der Waals surface area contributed by atoms with E-state index in [1.54, 1.807) is 0 Å². The molecular weight excluding hydrogens is 260 g/mol. The van der Waals surface area contributed by atoms with Crippen LogP contribution in [0.15, 0.2) is 54.6 Å². The van der Waals surface area contributed by atoms with E-state index in [9.17, 15) is 0 Å². The fourth-order valence-corrected chi connectivity index (χ4v) is 2.72. The molecule has 1 aliphatic rings. The van der Waals surface area contributed by atoms with E-state index in [4.69, 9.17) is 9.47 Å². The van der Waals surface area contributed by atoms with Crippen LogP contribution in [0, 0.1) is 0 Å². The molecule has 0 aromatic heterocycles. The highest BCUT2D eigenvalue weighted by Gasteiger charge is 2.37. The maximum absolute atomic E-state index is 5.82. The minimum absolute atomic E-state index is 0.463. The van der Waals surface area contributed by atoms with Crippen LogP contribution in [0.5, 0.6) is 11.5 Å². The Kier molecular flexibility index (Phi) is 4.26. The van der Waals surface area contributed by atoms with Crippen LogP contribution in [-0.2, 0) is 4.74 Å². The van der Waals surface area contributed by atoms with Gasteiger partial charge in [0.05, 0.1) is 12.2 Å². The van der Waals surface area contributed by atoms with E-state index >= 15 is 0 Å². The molecule has 2 aromatic rings. The fourth-order valence-electron chi connectivity index (χ4n) is 2.72. The van der Waals surface area contributed by atoms with Crippen molar-refractivity contribution in [2.45, 2.75) is 44.8 Å². The zero-order chi connectivity index (χ0) is 14.7. The van der Waals surface area contributed by atoms with Crippen LogP contribution in [0.4, 0.5) is 0 Å². The van der Waals surface area contributed by atoms with Gasteiger partial charge in [-0.15, -0.1) is 0 Å². The van der Waals surface area contributed by atoms with Gasteiger partial charge in [-0.3, -0.25) is 0 Å². The molecule has 1 saturated heterocycles. The first-order chi connectivity index (χ1) is 10.3. The van der Waals surface area contributed by atoms with Crippen LogP contribution in [0.1, 0.15) is 38.2 Å². The summed E-state index contributed by atoms with van der Waals surface area (Å²) in [5, 5.41) is 0. The second kappa shape index (κ2) is 6.31. The van der Waals surface area contributed by atoms with Gasteiger partial charge in [-0.25, -0.2) is 0 Å². The smallest absolute Gasteiger partial charge is 0.127 e. The lowest BCUT2D eigenvalue weighted by Crippen LogP contribution is -2.01. The van der Waals surface area contributed by atoms with Crippen LogP contribution in [0.2, 0.25) is 0 Å². The van der Waals surface area contributed by atoms with Gasteiger partial charge in [0.2, 0.25) is 0 Å².